The Morgan fingerprint density at radius 3 is 2.82 bits per heavy atom. The summed E-state index contributed by atoms with van der Waals surface area (Å²) in [7, 11) is 0. The van der Waals surface area contributed by atoms with E-state index in [1.54, 1.807) is 0 Å². The Balaban J connectivity index is 1.54. The summed E-state index contributed by atoms with van der Waals surface area (Å²) in [4.78, 5) is 11.9. The van der Waals surface area contributed by atoms with Crippen molar-refractivity contribution in [1.29, 1.82) is 0 Å². The summed E-state index contributed by atoms with van der Waals surface area (Å²) in [6.07, 6.45) is 3.18. The highest BCUT2D eigenvalue weighted by Gasteiger charge is 2.40. The first-order chi connectivity index (χ1) is 8.34. The van der Waals surface area contributed by atoms with Crippen LogP contribution >= 0.6 is 0 Å². The minimum absolute atomic E-state index is 0.0482. The van der Waals surface area contributed by atoms with Crippen LogP contribution in [0.1, 0.15) is 30.7 Å². The number of nitrogens with one attached hydrogen (secondary N) is 2. The first kappa shape index (κ1) is 10.8. The second-order valence-corrected chi connectivity index (χ2v) is 5.02. The van der Waals surface area contributed by atoms with Crippen LogP contribution in [0.2, 0.25) is 0 Å². The monoisotopic (exact) mass is 230 g/mol. The van der Waals surface area contributed by atoms with Crippen molar-refractivity contribution in [2.75, 3.05) is 6.54 Å². The Hall–Kier alpha value is -1.35. The predicted molar refractivity (Wildman–Crippen MR) is 66.8 cm³/mol. The summed E-state index contributed by atoms with van der Waals surface area (Å²) >= 11 is 0. The Kier molecular flexibility index (Phi) is 2.85. The maximum atomic E-state index is 11.9. The van der Waals surface area contributed by atoms with Crippen LogP contribution in [0.15, 0.2) is 30.3 Å². The van der Waals surface area contributed by atoms with Gasteiger partial charge in [0.1, 0.15) is 0 Å². The normalized spacial score (nSPS) is 31.2. The van der Waals surface area contributed by atoms with Gasteiger partial charge in [-0.25, -0.2) is 0 Å². The van der Waals surface area contributed by atoms with Gasteiger partial charge in [-0.1, -0.05) is 30.3 Å². The third kappa shape index (κ3) is 2.34. The second-order valence-electron chi connectivity index (χ2n) is 5.02. The molecule has 1 aliphatic carbocycles. The molecule has 2 N–H and O–H groups in total. The van der Waals surface area contributed by atoms with Crippen molar-refractivity contribution >= 4 is 5.91 Å². The number of hydrogen-bond donors (Lipinski definition) is 2. The van der Waals surface area contributed by atoms with Crippen molar-refractivity contribution in [3.8, 4) is 0 Å². The summed E-state index contributed by atoms with van der Waals surface area (Å²) in [5.41, 5.74) is 1.34. The van der Waals surface area contributed by atoms with Gasteiger partial charge >= 0.3 is 0 Å². The van der Waals surface area contributed by atoms with Gasteiger partial charge in [-0.3, -0.25) is 4.79 Å². The van der Waals surface area contributed by atoms with Crippen molar-refractivity contribution in [3.63, 3.8) is 0 Å². The van der Waals surface area contributed by atoms with Gasteiger partial charge in [-0.05, 0) is 31.4 Å². The van der Waals surface area contributed by atoms with Gasteiger partial charge in [0, 0.05) is 12.0 Å². The molecule has 0 radical (unpaired) electrons. The molecule has 2 fully saturated rings. The quantitative estimate of drug-likeness (QED) is 0.824. The maximum absolute atomic E-state index is 11.9. The fraction of sp³-hybridized carbons (Fsp3) is 0.500. The van der Waals surface area contributed by atoms with E-state index in [0.29, 0.717) is 12.0 Å². The molecule has 1 saturated carbocycles. The molecule has 3 atom stereocenters. The predicted octanol–water partition coefficient (Wildman–Crippen LogP) is 1.41. The van der Waals surface area contributed by atoms with Gasteiger partial charge in [0.2, 0.25) is 5.91 Å². The summed E-state index contributed by atoms with van der Waals surface area (Å²) in [5, 5.41) is 6.37. The lowest BCUT2D eigenvalue weighted by Crippen LogP contribution is -2.41. The lowest BCUT2D eigenvalue weighted by atomic mass is 10.1. The van der Waals surface area contributed by atoms with Gasteiger partial charge in [0.15, 0.2) is 0 Å². The molecule has 0 aromatic heterocycles. The summed E-state index contributed by atoms with van der Waals surface area (Å²) in [6.45, 7) is 0.977. The van der Waals surface area contributed by atoms with Crippen molar-refractivity contribution in [1.82, 2.24) is 10.6 Å². The van der Waals surface area contributed by atoms with Crippen LogP contribution in [0.3, 0.4) is 0 Å². The molecule has 3 nitrogen and oxygen atoms in total. The van der Waals surface area contributed by atoms with E-state index in [-0.39, 0.29) is 11.9 Å². The summed E-state index contributed by atoms with van der Waals surface area (Å²) in [6, 6.07) is 10.8. The van der Waals surface area contributed by atoms with Crippen LogP contribution in [-0.4, -0.2) is 24.5 Å². The molecule has 3 heteroatoms. The van der Waals surface area contributed by atoms with Gasteiger partial charge < -0.3 is 10.6 Å². The zero-order valence-corrected chi connectivity index (χ0v) is 9.86. The SMILES string of the molecule is O=C(NC1CC1c1ccccc1)[C@@H]1CCCN1. The fourth-order valence-corrected chi connectivity index (χ4v) is 2.61. The molecular weight excluding hydrogens is 212 g/mol. The molecule has 90 valence electrons. The lowest BCUT2D eigenvalue weighted by Gasteiger charge is -2.10. The van der Waals surface area contributed by atoms with Crippen molar-refractivity contribution in [2.45, 2.75) is 37.3 Å². The first-order valence-electron chi connectivity index (χ1n) is 6.43. The van der Waals surface area contributed by atoms with Crippen molar-refractivity contribution in [3.05, 3.63) is 35.9 Å². The third-order valence-corrected chi connectivity index (χ3v) is 3.72. The molecule has 1 aromatic carbocycles. The minimum Gasteiger partial charge on any atom is -0.351 e. The van der Waals surface area contributed by atoms with Crippen molar-refractivity contribution in [2.24, 2.45) is 0 Å². The topological polar surface area (TPSA) is 41.1 Å². The highest BCUT2D eigenvalue weighted by Crippen LogP contribution is 2.40. The Morgan fingerprint density at radius 2 is 2.12 bits per heavy atom. The molecule has 17 heavy (non-hydrogen) atoms. The molecule has 1 saturated heterocycles. The zero-order chi connectivity index (χ0) is 11.7. The third-order valence-electron chi connectivity index (χ3n) is 3.72. The smallest absolute Gasteiger partial charge is 0.237 e. The molecule has 2 unspecified atom stereocenters. The van der Waals surface area contributed by atoms with Crippen molar-refractivity contribution < 1.29 is 4.79 Å². The van der Waals surface area contributed by atoms with E-state index in [2.05, 4.69) is 34.9 Å². The standard InChI is InChI=1S/C14H18N2O/c17-14(12-7-4-8-15-12)16-13-9-11(13)10-5-2-1-3-6-10/h1-3,5-6,11-13,15H,4,7-9H2,(H,16,17)/t11?,12-,13?/m0/s1. The van der Waals surface area contributed by atoms with E-state index in [1.807, 2.05) is 6.07 Å². The molecule has 0 spiro atoms. The average Bonchev–Trinajstić information content (AvgIpc) is 2.92. The molecule has 1 aliphatic heterocycles. The van der Waals surface area contributed by atoms with Crippen LogP contribution in [0, 0.1) is 0 Å². The van der Waals surface area contributed by atoms with Crippen LogP contribution < -0.4 is 10.6 Å². The average molecular weight is 230 g/mol. The largest absolute Gasteiger partial charge is 0.351 e. The number of amides is 1. The number of benzene rings is 1. The zero-order valence-electron chi connectivity index (χ0n) is 9.86. The number of carbonyl (C=O) groups excluding carboxylic acids is 1. The summed E-state index contributed by atoms with van der Waals surface area (Å²) in [5.74, 6) is 0.715. The lowest BCUT2D eigenvalue weighted by molar-refractivity contribution is -0.122. The van der Waals surface area contributed by atoms with E-state index >= 15 is 0 Å². The Bertz CT molecular complexity index is 398. The first-order valence-corrected chi connectivity index (χ1v) is 6.43. The fourth-order valence-electron chi connectivity index (χ4n) is 2.61. The highest BCUT2D eigenvalue weighted by molar-refractivity contribution is 5.82. The molecule has 2 aliphatic rings. The van der Waals surface area contributed by atoms with Gasteiger partial charge in [-0.2, -0.15) is 0 Å². The van der Waals surface area contributed by atoms with E-state index in [0.717, 1.165) is 25.8 Å². The van der Waals surface area contributed by atoms with Crippen LogP contribution in [0.25, 0.3) is 0 Å². The number of hydrogen-bond acceptors (Lipinski definition) is 2. The van der Waals surface area contributed by atoms with Gasteiger partial charge in [0.25, 0.3) is 0 Å². The minimum atomic E-state index is 0.0482. The number of rotatable bonds is 3. The number of carbonyl (C=O) groups is 1. The molecule has 0 bridgehead atoms. The molecule has 1 amide bonds. The highest BCUT2D eigenvalue weighted by atomic mass is 16.2. The summed E-state index contributed by atoms with van der Waals surface area (Å²) < 4.78 is 0. The van der Waals surface area contributed by atoms with Gasteiger partial charge in [-0.15, -0.1) is 0 Å². The second kappa shape index (κ2) is 4.49. The van der Waals surface area contributed by atoms with Crippen LogP contribution in [0.4, 0.5) is 0 Å². The van der Waals surface area contributed by atoms with Gasteiger partial charge in [0.05, 0.1) is 6.04 Å². The van der Waals surface area contributed by atoms with Crippen LogP contribution in [-0.2, 0) is 4.79 Å². The Labute approximate surface area is 102 Å². The molecular formula is C14H18N2O. The van der Waals surface area contributed by atoms with Crippen LogP contribution in [0.5, 0.6) is 0 Å². The van der Waals surface area contributed by atoms with E-state index in [4.69, 9.17) is 0 Å². The molecule has 1 heterocycles. The molecule has 1 aromatic rings. The molecule has 3 rings (SSSR count). The van der Waals surface area contributed by atoms with E-state index in [1.165, 1.54) is 5.56 Å². The van der Waals surface area contributed by atoms with E-state index in [9.17, 15) is 4.79 Å². The van der Waals surface area contributed by atoms with E-state index < -0.39 is 0 Å². The Morgan fingerprint density at radius 1 is 1.29 bits per heavy atom. The maximum Gasteiger partial charge on any atom is 0.237 e.